The van der Waals surface area contributed by atoms with E-state index in [1.807, 2.05) is 13.8 Å². The molecule has 94 valence electrons. The van der Waals surface area contributed by atoms with E-state index in [0.717, 1.165) is 13.0 Å². The standard InChI is InChI=1S/C14H19F2N/c1-14(2,8-9-17-10-6-7-10)13-11(15)4-3-5-12(13)16/h3-5,10,17H,6-9H2,1-2H3. The third-order valence-corrected chi connectivity index (χ3v) is 3.40. The zero-order chi connectivity index (χ0) is 12.5. The van der Waals surface area contributed by atoms with Crippen molar-refractivity contribution in [1.82, 2.24) is 5.32 Å². The van der Waals surface area contributed by atoms with E-state index in [0.29, 0.717) is 6.04 Å². The largest absolute Gasteiger partial charge is 0.314 e. The summed E-state index contributed by atoms with van der Waals surface area (Å²) >= 11 is 0. The number of rotatable bonds is 5. The van der Waals surface area contributed by atoms with Crippen molar-refractivity contribution in [3.8, 4) is 0 Å². The summed E-state index contributed by atoms with van der Waals surface area (Å²) in [5.74, 6) is -0.886. The smallest absolute Gasteiger partial charge is 0.129 e. The fraction of sp³-hybridized carbons (Fsp3) is 0.571. The molecule has 1 aromatic rings. The molecule has 17 heavy (non-hydrogen) atoms. The number of halogens is 2. The molecule has 0 amide bonds. The van der Waals surface area contributed by atoms with Crippen molar-refractivity contribution in [2.24, 2.45) is 0 Å². The van der Waals surface area contributed by atoms with Crippen molar-refractivity contribution in [3.63, 3.8) is 0 Å². The van der Waals surface area contributed by atoms with E-state index in [1.54, 1.807) is 0 Å². The van der Waals surface area contributed by atoms with Gasteiger partial charge in [0.2, 0.25) is 0 Å². The molecule has 1 nitrogen and oxygen atoms in total. The first-order valence-electron chi connectivity index (χ1n) is 6.18. The molecular formula is C14H19F2N. The van der Waals surface area contributed by atoms with Crippen LogP contribution in [-0.4, -0.2) is 12.6 Å². The van der Waals surface area contributed by atoms with Crippen LogP contribution in [0.2, 0.25) is 0 Å². The highest BCUT2D eigenvalue weighted by molar-refractivity contribution is 5.27. The minimum atomic E-state index is -0.475. The molecule has 0 radical (unpaired) electrons. The summed E-state index contributed by atoms with van der Waals surface area (Å²) in [7, 11) is 0. The molecule has 0 heterocycles. The normalized spacial score (nSPS) is 16.2. The van der Waals surface area contributed by atoms with Gasteiger partial charge in [0.25, 0.3) is 0 Å². The summed E-state index contributed by atoms with van der Waals surface area (Å²) in [5.41, 5.74) is -0.269. The quantitative estimate of drug-likeness (QED) is 0.830. The average Bonchev–Trinajstić information content (AvgIpc) is 3.00. The minimum absolute atomic E-state index is 0.206. The lowest BCUT2D eigenvalue weighted by Gasteiger charge is -2.26. The van der Waals surface area contributed by atoms with Crippen LogP contribution in [0, 0.1) is 11.6 Å². The third-order valence-electron chi connectivity index (χ3n) is 3.40. The van der Waals surface area contributed by atoms with Crippen LogP contribution >= 0.6 is 0 Å². The first-order chi connectivity index (χ1) is 8.00. The van der Waals surface area contributed by atoms with E-state index >= 15 is 0 Å². The highest BCUT2D eigenvalue weighted by atomic mass is 19.1. The van der Waals surface area contributed by atoms with Crippen LogP contribution in [0.4, 0.5) is 8.78 Å². The molecule has 0 saturated heterocycles. The topological polar surface area (TPSA) is 12.0 Å². The molecule has 1 aromatic carbocycles. The average molecular weight is 239 g/mol. The van der Waals surface area contributed by atoms with Gasteiger partial charge in [0.15, 0.2) is 0 Å². The fourth-order valence-corrected chi connectivity index (χ4v) is 2.15. The van der Waals surface area contributed by atoms with Crippen LogP contribution < -0.4 is 5.32 Å². The Labute approximate surface area is 101 Å². The SMILES string of the molecule is CC(C)(CCNC1CC1)c1c(F)cccc1F. The minimum Gasteiger partial charge on any atom is -0.314 e. The summed E-state index contributed by atoms with van der Waals surface area (Å²) in [5, 5.41) is 3.38. The highest BCUT2D eigenvalue weighted by Crippen LogP contribution is 2.31. The molecule has 0 bridgehead atoms. The second-order valence-corrected chi connectivity index (χ2v) is 5.46. The van der Waals surface area contributed by atoms with E-state index in [4.69, 9.17) is 0 Å². The maximum atomic E-state index is 13.7. The molecule has 1 aliphatic carbocycles. The van der Waals surface area contributed by atoms with Gasteiger partial charge in [0, 0.05) is 11.6 Å². The first-order valence-corrected chi connectivity index (χ1v) is 6.18. The van der Waals surface area contributed by atoms with Gasteiger partial charge in [-0.1, -0.05) is 19.9 Å². The van der Waals surface area contributed by atoms with E-state index in [2.05, 4.69) is 5.32 Å². The van der Waals surface area contributed by atoms with Crippen molar-refractivity contribution in [1.29, 1.82) is 0 Å². The van der Waals surface area contributed by atoms with Gasteiger partial charge in [-0.3, -0.25) is 0 Å². The first kappa shape index (κ1) is 12.5. The van der Waals surface area contributed by atoms with Crippen LogP contribution in [0.5, 0.6) is 0 Å². The molecule has 1 fully saturated rings. The zero-order valence-corrected chi connectivity index (χ0v) is 10.4. The van der Waals surface area contributed by atoms with Crippen LogP contribution in [-0.2, 0) is 5.41 Å². The van der Waals surface area contributed by atoms with Gasteiger partial charge in [-0.25, -0.2) is 8.78 Å². The number of hydrogen-bond acceptors (Lipinski definition) is 1. The van der Waals surface area contributed by atoms with E-state index in [-0.39, 0.29) is 5.56 Å². The van der Waals surface area contributed by atoms with Crippen LogP contribution in [0.15, 0.2) is 18.2 Å². The predicted molar refractivity (Wildman–Crippen MR) is 65.0 cm³/mol. The Morgan fingerprint density at radius 1 is 1.24 bits per heavy atom. The molecule has 0 spiro atoms. The van der Waals surface area contributed by atoms with E-state index in [1.165, 1.54) is 31.0 Å². The monoisotopic (exact) mass is 239 g/mol. The van der Waals surface area contributed by atoms with E-state index in [9.17, 15) is 8.78 Å². The molecular weight excluding hydrogens is 220 g/mol. The maximum Gasteiger partial charge on any atom is 0.129 e. The van der Waals surface area contributed by atoms with Gasteiger partial charge in [-0.15, -0.1) is 0 Å². The summed E-state index contributed by atoms with van der Waals surface area (Å²) in [6, 6.07) is 4.70. The number of nitrogens with one attached hydrogen (secondary N) is 1. The van der Waals surface area contributed by atoms with Gasteiger partial charge in [-0.2, -0.15) is 0 Å². The number of benzene rings is 1. The van der Waals surface area contributed by atoms with Crippen molar-refractivity contribution < 1.29 is 8.78 Å². The molecule has 0 aromatic heterocycles. The molecule has 1 aliphatic rings. The molecule has 1 saturated carbocycles. The van der Waals surface area contributed by atoms with Gasteiger partial charge < -0.3 is 5.32 Å². The number of hydrogen-bond donors (Lipinski definition) is 1. The Morgan fingerprint density at radius 3 is 2.35 bits per heavy atom. The Balaban J connectivity index is 2.06. The Kier molecular flexibility index (Phi) is 3.48. The van der Waals surface area contributed by atoms with E-state index < -0.39 is 17.0 Å². The van der Waals surface area contributed by atoms with Gasteiger partial charge in [0.05, 0.1) is 0 Å². The highest BCUT2D eigenvalue weighted by Gasteiger charge is 2.28. The Morgan fingerprint density at radius 2 is 1.82 bits per heavy atom. The van der Waals surface area contributed by atoms with Crippen molar-refractivity contribution >= 4 is 0 Å². The molecule has 1 N–H and O–H groups in total. The van der Waals surface area contributed by atoms with Gasteiger partial charge in [0.1, 0.15) is 11.6 Å². The Bertz CT molecular complexity index is 377. The second-order valence-electron chi connectivity index (χ2n) is 5.46. The van der Waals surface area contributed by atoms with Gasteiger partial charge >= 0.3 is 0 Å². The van der Waals surface area contributed by atoms with Crippen LogP contribution in [0.1, 0.15) is 38.7 Å². The lowest BCUT2D eigenvalue weighted by Crippen LogP contribution is -2.28. The van der Waals surface area contributed by atoms with Crippen molar-refractivity contribution in [2.75, 3.05) is 6.54 Å². The zero-order valence-electron chi connectivity index (χ0n) is 10.4. The fourth-order valence-electron chi connectivity index (χ4n) is 2.15. The lowest BCUT2D eigenvalue weighted by atomic mass is 9.81. The molecule has 0 aliphatic heterocycles. The molecule has 2 rings (SSSR count). The Hall–Kier alpha value is -0.960. The third kappa shape index (κ3) is 3.03. The maximum absolute atomic E-state index is 13.7. The van der Waals surface area contributed by atoms with Crippen molar-refractivity contribution in [2.45, 2.75) is 44.6 Å². The van der Waals surface area contributed by atoms with Crippen LogP contribution in [0.3, 0.4) is 0 Å². The molecule has 3 heteroatoms. The second kappa shape index (κ2) is 4.73. The predicted octanol–water partition coefficient (Wildman–Crippen LogP) is 3.38. The summed E-state index contributed by atoms with van der Waals surface area (Å²) in [4.78, 5) is 0. The van der Waals surface area contributed by atoms with Crippen LogP contribution in [0.25, 0.3) is 0 Å². The van der Waals surface area contributed by atoms with Gasteiger partial charge in [-0.05, 0) is 43.4 Å². The summed E-state index contributed by atoms with van der Waals surface area (Å²) in [6.45, 7) is 4.59. The summed E-state index contributed by atoms with van der Waals surface area (Å²) < 4.78 is 27.4. The van der Waals surface area contributed by atoms with Crippen molar-refractivity contribution in [3.05, 3.63) is 35.4 Å². The lowest BCUT2D eigenvalue weighted by molar-refractivity contribution is 0.409. The molecule has 0 atom stereocenters. The molecule has 0 unspecified atom stereocenters. The summed E-state index contributed by atoms with van der Waals surface area (Å²) in [6.07, 6.45) is 3.20.